The predicted octanol–water partition coefficient (Wildman–Crippen LogP) is -1.05. The number of nitrogens with one attached hydrogen (secondary N) is 2. The molecule has 0 atom stereocenters. The van der Waals surface area contributed by atoms with Crippen LogP contribution in [-0.2, 0) is 9.63 Å². The van der Waals surface area contributed by atoms with Crippen molar-refractivity contribution in [3.8, 4) is 0 Å². The Labute approximate surface area is 64.7 Å². The van der Waals surface area contributed by atoms with Crippen LogP contribution < -0.4 is 10.8 Å². The summed E-state index contributed by atoms with van der Waals surface area (Å²) < 4.78 is 0. The highest BCUT2D eigenvalue weighted by atomic mass is 16.6. The summed E-state index contributed by atoms with van der Waals surface area (Å²) in [6.07, 6.45) is 0.0911. The fourth-order valence-electron chi connectivity index (χ4n) is 1.17. The van der Waals surface area contributed by atoms with Crippen LogP contribution >= 0.6 is 0 Å². The molecule has 0 spiro atoms. The lowest BCUT2D eigenvalue weighted by Crippen LogP contribution is -2.68. The molecule has 1 aliphatic heterocycles. The Morgan fingerprint density at radius 3 is 2.73 bits per heavy atom. The molecule has 0 bridgehead atoms. The second kappa shape index (κ2) is 3.17. The van der Waals surface area contributed by atoms with Crippen molar-refractivity contribution in [2.45, 2.75) is 12.0 Å². The first-order chi connectivity index (χ1) is 5.18. The van der Waals surface area contributed by atoms with Crippen molar-refractivity contribution in [3.63, 3.8) is 0 Å². The van der Waals surface area contributed by atoms with Crippen molar-refractivity contribution in [3.05, 3.63) is 0 Å². The molecule has 0 aromatic carbocycles. The number of hydroxylamine groups is 1. The molecule has 1 heterocycles. The Bertz CT molecular complexity index is 156. The van der Waals surface area contributed by atoms with E-state index in [4.69, 9.17) is 9.94 Å². The molecule has 0 aromatic rings. The maximum absolute atomic E-state index is 10.4. The smallest absolute Gasteiger partial charge is 0.305 e. The van der Waals surface area contributed by atoms with Gasteiger partial charge in [-0.2, -0.15) is 5.48 Å². The SMILES string of the molecule is CONC1(CC(=O)O)CNC1. The van der Waals surface area contributed by atoms with Crippen LogP contribution in [0.3, 0.4) is 0 Å². The van der Waals surface area contributed by atoms with E-state index in [9.17, 15) is 4.79 Å². The van der Waals surface area contributed by atoms with Crippen LogP contribution in [0.25, 0.3) is 0 Å². The van der Waals surface area contributed by atoms with E-state index in [0.717, 1.165) is 0 Å². The third-order valence-corrected chi connectivity index (χ3v) is 1.73. The number of hydrogen-bond acceptors (Lipinski definition) is 4. The fourth-order valence-corrected chi connectivity index (χ4v) is 1.17. The van der Waals surface area contributed by atoms with E-state index in [0.29, 0.717) is 13.1 Å². The average molecular weight is 160 g/mol. The van der Waals surface area contributed by atoms with E-state index < -0.39 is 5.97 Å². The maximum Gasteiger partial charge on any atom is 0.305 e. The predicted molar refractivity (Wildman–Crippen MR) is 38.0 cm³/mol. The average Bonchev–Trinajstić information content (AvgIpc) is 1.82. The molecular formula is C6H12N2O3. The highest BCUT2D eigenvalue weighted by molar-refractivity contribution is 5.68. The van der Waals surface area contributed by atoms with Crippen LogP contribution in [0.2, 0.25) is 0 Å². The number of hydrogen-bond donors (Lipinski definition) is 3. The van der Waals surface area contributed by atoms with Crippen molar-refractivity contribution in [1.82, 2.24) is 10.8 Å². The third-order valence-electron chi connectivity index (χ3n) is 1.73. The van der Waals surface area contributed by atoms with Gasteiger partial charge in [0.25, 0.3) is 0 Å². The van der Waals surface area contributed by atoms with Gasteiger partial charge in [-0.05, 0) is 0 Å². The molecule has 64 valence electrons. The van der Waals surface area contributed by atoms with Gasteiger partial charge < -0.3 is 15.3 Å². The lowest BCUT2D eigenvalue weighted by Gasteiger charge is -2.41. The molecule has 0 radical (unpaired) electrons. The van der Waals surface area contributed by atoms with Crippen LogP contribution in [0.4, 0.5) is 0 Å². The first-order valence-corrected chi connectivity index (χ1v) is 3.41. The molecule has 0 unspecified atom stereocenters. The van der Waals surface area contributed by atoms with Crippen LogP contribution in [0, 0.1) is 0 Å². The minimum Gasteiger partial charge on any atom is -0.481 e. The van der Waals surface area contributed by atoms with E-state index in [1.807, 2.05) is 0 Å². The molecule has 0 saturated carbocycles. The molecule has 1 saturated heterocycles. The Kier molecular flexibility index (Phi) is 2.43. The molecule has 3 N–H and O–H groups in total. The largest absolute Gasteiger partial charge is 0.481 e. The molecule has 5 nitrogen and oxygen atoms in total. The highest BCUT2D eigenvalue weighted by Crippen LogP contribution is 2.15. The Balaban J connectivity index is 2.39. The van der Waals surface area contributed by atoms with Gasteiger partial charge in [-0.25, -0.2) is 0 Å². The van der Waals surface area contributed by atoms with Crippen molar-refractivity contribution in [2.24, 2.45) is 0 Å². The molecule has 0 aliphatic carbocycles. The Morgan fingerprint density at radius 2 is 2.45 bits per heavy atom. The summed E-state index contributed by atoms with van der Waals surface area (Å²) in [4.78, 5) is 15.1. The minimum atomic E-state index is -0.809. The standard InChI is InChI=1S/C6H12N2O3/c1-11-8-6(2-5(9)10)3-7-4-6/h7-8H,2-4H2,1H3,(H,9,10). The molecule has 1 rings (SSSR count). The lowest BCUT2D eigenvalue weighted by atomic mass is 9.90. The van der Waals surface area contributed by atoms with Gasteiger partial charge in [-0.1, -0.05) is 0 Å². The van der Waals surface area contributed by atoms with Gasteiger partial charge in [0.2, 0.25) is 0 Å². The zero-order valence-corrected chi connectivity index (χ0v) is 6.39. The Hall–Kier alpha value is -0.650. The summed E-state index contributed by atoms with van der Waals surface area (Å²) in [7, 11) is 1.49. The molecule has 11 heavy (non-hydrogen) atoms. The van der Waals surface area contributed by atoms with Gasteiger partial charge >= 0.3 is 5.97 Å². The summed E-state index contributed by atoms with van der Waals surface area (Å²) in [6.45, 7) is 1.29. The van der Waals surface area contributed by atoms with Gasteiger partial charge in [0.1, 0.15) is 0 Å². The van der Waals surface area contributed by atoms with Crippen LogP contribution in [0.15, 0.2) is 0 Å². The number of carboxylic acid groups (broad SMARTS) is 1. The van der Waals surface area contributed by atoms with Gasteiger partial charge in [0, 0.05) is 13.1 Å². The number of rotatable bonds is 4. The molecule has 1 fully saturated rings. The minimum absolute atomic E-state index is 0.0911. The molecule has 1 aliphatic rings. The first kappa shape index (κ1) is 8.45. The maximum atomic E-state index is 10.4. The van der Waals surface area contributed by atoms with E-state index in [-0.39, 0.29) is 12.0 Å². The van der Waals surface area contributed by atoms with Crippen molar-refractivity contribution >= 4 is 5.97 Å². The van der Waals surface area contributed by atoms with Crippen molar-refractivity contribution in [1.29, 1.82) is 0 Å². The van der Waals surface area contributed by atoms with Crippen LogP contribution in [0.1, 0.15) is 6.42 Å². The quantitative estimate of drug-likeness (QED) is 0.458. The van der Waals surface area contributed by atoms with E-state index in [1.54, 1.807) is 0 Å². The van der Waals surface area contributed by atoms with E-state index in [1.165, 1.54) is 7.11 Å². The third kappa shape index (κ3) is 1.89. The summed E-state index contributed by atoms with van der Waals surface area (Å²) in [5.74, 6) is -0.809. The molecule has 0 amide bonds. The summed E-state index contributed by atoms with van der Waals surface area (Å²) in [5.41, 5.74) is 2.30. The molecule has 0 aromatic heterocycles. The summed E-state index contributed by atoms with van der Waals surface area (Å²) in [5, 5.41) is 11.5. The van der Waals surface area contributed by atoms with E-state index in [2.05, 4.69) is 10.8 Å². The second-order valence-electron chi connectivity index (χ2n) is 2.76. The van der Waals surface area contributed by atoms with Gasteiger partial charge in [0.05, 0.1) is 19.1 Å². The number of aliphatic carboxylic acids is 1. The topological polar surface area (TPSA) is 70.6 Å². The van der Waals surface area contributed by atoms with Gasteiger partial charge in [0.15, 0.2) is 0 Å². The first-order valence-electron chi connectivity index (χ1n) is 3.41. The van der Waals surface area contributed by atoms with Crippen molar-refractivity contribution < 1.29 is 14.7 Å². The normalized spacial score (nSPS) is 20.8. The fraction of sp³-hybridized carbons (Fsp3) is 0.833. The number of carbonyl (C=O) groups is 1. The molecular weight excluding hydrogens is 148 g/mol. The van der Waals surface area contributed by atoms with Crippen molar-refractivity contribution in [2.75, 3.05) is 20.2 Å². The lowest BCUT2D eigenvalue weighted by molar-refractivity contribution is -0.141. The van der Waals surface area contributed by atoms with Crippen LogP contribution in [-0.4, -0.2) is 36.8 Å². The molecule has 5 heteroatoms. The number of carboxylic acids is 1. The monoisotopic (exact) mass is 160 g/mol. The van der Waals surface area contributed by atoms with E-state index >= 15 is 0 Å². The van der Waals surface area contributed by atoms with Gasteiger partial charge in [-0.15, -0.1) is 0 Å². The summed E-state index contributed by atoms with van der Waals surface area (Å²) >= 11 is 0. The highest BCUT2D eigenvalue weighted by Gasteiger charge is 2.39. The zero-order valence-electron chi connectivity index (χ0n) is 6.39. The summed E-state index contributed by atoms with van der Waals surface area (Å²) in [6, 6.07) is 0. The van der Waals surface area contributed by atoms with Gasteiger partial charge in [-0.3, -0.25) is 4.79 Å². The Morgan fingerprint density at radius 1 is 1.82 bits per heavy atom. The second-order valence-corrected chi connectivity index (χ2v) is 2.76. The van der Waals surface area contributed by atoms with Crippen LogP contribution in [0.5, 0.6) is 0 Å². The zero-order chi connectivity index (χ0) is 8.32.